The van der Waals surface area contributed by atoms with Crippen molar-refractivity contribution in [2.45, 2.75) is 76.8 Å². The van der Waals surface area contributed by atoms with Crippen molar-refractivity contribution in [2.24, 2.45) is 0 Å². The van der Waals surface area contributed by atoms with Crippen molar-refractivity contribution >= 4 is 13.6 Å². The largest absolute Gasteiger partial charge is 0.480 e. The highest BCUT2D eigenvalue weighted by atomic mass is 31.1. The first-order valence-corrected chi connectivity index (χ1v) is 8.00. The third-order valence-corrected chi connectivity index (χ3v) is 4.60. The van der Waals surface area contributed by atoms with Crippen molar-refractivity contribution in [1.29, 1.82) is 0 Å². The summed E-state index contributed by atoms with van der Waals surface area (Å²) in [6, 6.07) is 0. The maximum Gasteiger partial charge on any atom is 0.333 e. The van der Waals surface area contributed by atoms with E-state index in [0.29, 0.717) is 6.42 Å². The summed E-state index contributed by atoms with van der Waals surface area (Å²) in [6.45, 7) is 3.47. The monoisotopic (exact) mass is 276 g/mol. The fourth-order valence-electron chi connectivity index (χ4n) is 1.88. The van der Waals surface area contributed by atoms with Crippen LogP contribution in [0.1, 0.15) is 71.6 Å². The highest BCUT2D eigenvalue weighted by Crippen LogP contribution is 2.34. The van der Waals surface area contributed by atoms with Gasteiger partial charge in [0, 0.05) is 0 Å². The van der Waals surface area contributed by atoms with Crippen molar-refractivity contribution in [3.63, 3.8) is 0 Å². The van der Waals surface area contributed by atoms with Gasteiger partial charge in [-0.25, -0.2) is 9.13 Å². The maximum atomic E-state index is 11.0. The van der Waals surface area contributed by atoms with Crippen LogP contribution in [0.2, 0.25) is 0 Å². The van der Waals surface area contributed by atoms with Crippen LogP contribution in [0.5, 0.6) is 0 Å². The molecule has 1 atom stereocenters. The Morgan fingerprint density at radius 2 is 1.44 bits per heavy atom. The third-order valence-electron chi connectivity index (χ3n) is 3.38. The number of aliphatic carboxylic acids is 1. The molecule has 0 radical (unpaired) electrons. The molecule has 0 spiro atoms. The zero-order valence-corrected chi connectivity index (χ0v) is 12.4. The molecule has 0 aliphatic rings. The quantitative estimate of drug-likeness (QED) is 0.444. The van der Waals surface area contributed by atoms with E-state index < -0.39 is 18.8 Å². The summed E-state index contributed by atoms with van der Waals surface area (Å²) in [4.78, 5) is 10.9. The van der Waals surface area contributed by atoms with Gasteiger partial charge in [-0.05, 0) is 13.3 Å². The third kappa shape index (κ3) is 6.34. The summed E-state index contributed by atoms with van der Waals surface area (Å²) in [5.41, 5.74) is 0. The lowest BCUT2D eigenvalue weighted by molar-refractivity contribution is -0.139. The molecule has 4 nitrogen and oxygen atoms in total. The smallest absolute Gasteiger partial charge is 0.333 e. The minimum absolute atomic E-state index is 0.218. The van der Waals surface area contributed by atoms with Crippen LogP contribution in [0.3, 0.4) is 0 Å². The molecule has 0 rings (SSSR count). The second-order valence-electron chi connectivity index (χ2n) is 5.06. The highest BCUT2D eigenvalue weighted by molar-refractivity contribution is 7.34. The Kier molecular flexibility index (Phi) is 8.99. The van der Waals surface area contributed by atoms with Crippen LogP contribution in [-0.4, -0.2) is 16.2 Å². The lowest BCUT2D eigenvalue weighted by Crippen LogP contribution is -2.29. The van der Waals surface area contributed by atoms with E-state index in [9.17, 15) is 13.9 Å². The number of hydrogen-bond acceptors (Lipinski definition) is 3. The number of carbonyl (C=O) groups is 1. The molecule has 0 aromatic rings. The summed E-state index contributed by atoms with van der Waals surface area (Å²) < 4.78 is 21.9. The summed E-state index contributed by atoms with van der Waals surface area (Å²) >= 11 is 0. The molecule has 5 heteroatoms. The first kappa shape index (κ1) is 17.4. The molecular weight excluding hydrogens is 251 g/mol. The van der Waals surface area contributed by atoms with E-state index in [-0.39, 0.29) is 6.42 Å². The molecular formula is C13H25O4P. The van der Waals surface area contributed by atoms with Gasteiger partial charge in [-0.2, -0.15) is 0 Å². The molecule has 106 valence electrons. The van der Waals surface area contributed by atoms with Crippen LogP contribution in [0.4, 0.5) is 0 Å². The van der Waals surface area contributed by atoms with Gasteiger partial charge in [0.2, 0.25) is 0 Å². The Hall–Kier alpha value is -0.630. The molecule has 0 bridgehead atoms. The number of carboxylic acid groups (broad SMARTS) is 1. The first-order chi connectivity index (χ1) is 8.45. The van der Waals surface area contributed by atoms with Gasteiger partial charge in [0.15, 0.2) is 5.16 Å². The molecule has 0 fully saturated rings. The molecule has 0 saturated carbocycles. The standard InChI is InChI=1S/C13H25O4P/c1-3-4-5-6-7-8-9-10-11-13(2,12(14)15)18(16)17/h3-11H2,1-2H3,(H,14,15). The Labute approximate surface area is 110 Å². The topological polar surface area (TPSA) is 71.4 Å². The van der Waals surface area contributed by atoms with E-state index in [2.05, 4.69) is 6.92 Å². The van der Waals surface area contributed by atoms with E-state index >= 15 is 0 Å². The summed E-state index contributed by atoms with van der Waals surface area (Å²) in [5.74, 6) is -1.23. The van der Waals surface area contributed by atoms with E-state index in [0.717, 1.165) is 19.3 Å². The molecule has 0 saturated heterocycles. The van der Waals surface area contributed by atoms with Gasteiger partial charge >= 0.3 is 13.6 Å². The minimum atomic E-state index is -2.92. The fourth-order valence-corrected chi connectivity index (χ4v) is 2.38. The Morgan fingerprint density at radius 3 is 1.83 bits per heavy atom. The molecule has 0 aromatic carbocycles. The van der Waals surface area contributed by atoms with Crippen LogP contribution < -0.4 is 0 Å². The van der Waals surface area contributed by atoms with Crippen molar-refractivity contribution in [2.75, 3.05) is 0 Å². The van der Waals surface area contributed by atoms with Gasteiger partial charge in [0.05, 0.1) is 0 Å². The normalized spacial score (nSPS) is 14.1. The van der Waals surface area contributed by atoms with Gasteiger partial charge in [-0.15, -0.1) is 0 Å². The molecule has 0 aromatic heterocycles. The molecule has 0 heterocycles. The zero-order chi connectivity index (χ0) is 14.0. The number of carboxylic acids is 1. The van der Waals surface area contributed by atoms with Crippen molar-refractivity contribution in [3.05, 3.63) is 0 Å². The second-order valence-corrected chi connectivity index (χ2v) is 6.56. The minimum Gasteiger partial charge on any atom is -0.480 e. The average Bonchev–Trinajstić information content (AvgIpc) is 2.31. The van der Waals surface area contributed by atoms with E-state index in [1.54, 1.807) is 0 Å². The van der Waals surface area contributed by atoms with Crippen LogP contribution in [0.25, 0.3) is 0 Å². The summed E-state index contributed by atoms with van der Waals surface area (Å²) in [6.07, 6.45) is 9.01. The second kappa shape index (κ2) is 9.32. The van der Waals surface area contributed by atoms with E-state index in [4.69, 9.17) is 5.11 Å². The molecule has 1 unspecified atom stereocenters. The van der Waals surface area contributed by atoms with Crippen molar-refractivity contribution in [1.82, 2.24) is 0 Å². The molecule has 0 aliphatic heterocycles. The first-order valence-electron chi connectivity index (χ1n) is 6.83. The molecule has 18 heavy (non-hydrogen) atoms. The van der Waals surface area contributed by atoms with Crippen LogP contribution in [0.15, 0.2) is 0 Å². The number of unbranched alkanes of at least 4 members (excludes halogenated alkanes) is 7. The molecule has 0 amide bonds. The average molecular weight is 276 g/mol. The Bertz CT molecular complexity index is 304. The molecule has 1 N–H and O–H groups in total. The van der Waals surface area contributed by atoms with E-state index in [1.165, 1.54) is 32.6 Å². The van der Waals surface area contributed by atoms with Gasteiger partial charge in [-0.3, -0.25) is 4.79 Å². The zero-order valence-electron chi connectivity index (χ0n) is 11.5. The Balaban J connectivity index is 3.73. The van der Waals surface area contributed by atoms with Crippen molar-refractivity contribution < 1.29 is 19.0 Å². The fraction of sp³-hybridized carbons (Fsp3) is 0.923. The number of hydrogen-bond donors (Lipinski definition) is 1. The van der Waals surface area contributed by atoms with Crippen LogP contribution in [-0.2, 0) is 13.9 Å². The maximum absolute atomic E-state index is 11.0. The van der Waals surface area contributed by atoms with Crippen molar-refractivity contribution in [3.8, 4) is 0 Å². The summed E-state index contributed by atoms with van der Waals surface area (Å²) in [7, 11) is -2.92. The predicted molar refractivity (Wildman–Crippen MR) is 71.6 cm³/mol. The number of rotatable bonds is 11. The van der Waals surface area contributed by atoms with Gasteiger partial charge < -0.3 is 5.11 Å². The van der Waals surface area contributed by atoms with Gasteiger partial charge in [0.25, 0.3) is 0 Å². The van der Waals surface area contributed by atoms with Crippen LogP contribution in [0, 0.1) is 0 Å². The molecule has 0 aliphatic carbocycles. The van der Waals surface area contributed by atoms with E-state index in [1.807, 2.05) is 0 Å². The Morgan fingerprint density at radius 1 is 1.00 bits per heavy atom. The SMILES string of the molecule is CCCCCCCCCCC(C)(C(=O)O)P(=O)=O. The van der Waals surface area contributed by atoms with Gasteiger partial charge in [-0.1, -0.05) is 58.3 Å². The lowest BCUT2D eigenvalue weighted by atomic mass is 10.0. The lowest BCUT2D eigenvalue weighted by Gasteiger charge is -2.15. The predicted octanol–water partition coefficient (Wildman–Crippen LogP) is 4.53. The highest BCUT2D eigenvalue weighted by Gasteiger charge is 2.39. The summed E-state index contributed by atoms with van der Waals surface area (Å²) in [5, 5.41) is 7.33. The van der Waals surface area contributed by atoms with Crippen LogP contribution >= 0.6 is 7.68 Å². The van der Waals surface area contributed by atoms with Gasteiger partial charge in [0.1, 0.15) is 0 Å².